The van der Waals surface area contributed by atoms with Gasteiger partial charge in [-0.3, -0.25) is 9.59 Å². The summed E-state index contributed by atoms with van der Waals surface area (Å²) < 4.78 is 38.5. The quantitative estimate of drug-likeness (QED) is 0.593. The van der Waals surface area contributed by atoms with Crippen molar-refractivity contribution in [1.29, 1.82) is 0 Å². The Labute approximate surface area is 154 Å². The summed E-state index contributed by atoms with van der Waals surface area (Å²) in [6, 6.07) is 4.95. The Bertz CT molecular complexity index is 852. The highest BCUT2D eigenvalue weighted by Crippen LogP contribution is 2.42. The first kappa shape index (κ1) is 18.8. The molecule has 0 atom stereocenters. The lowest BCUT2D eigenvalue weighted by Gasteiger charge is -2.38. The van der Waals surface area contributed by atoms with Gasteiger partial charge in [-0.05, 0) is 25.0 Å². The number of carbonyl (C=O) groups excluding carboxylic acids is 2. The van der Waals surface area contributed by atoms with Crippen LogP contribution in [-0.2, 0) is 14.3 Å². The number of aromatic nitrogens is 1. The molecular weight excluding hydrogens is 358 g/mol. The Hall–Kier alpha value is -3.03. The predicted octanol–water partition coefficient (Wildman–Crippen LogP) is 3.32. The third kappa shape index (κ3) is 3.74. The summed E-state index contributed by atoms with van der Waals surface area (Å²) in [7, 11) is 1.35. The number of anilines is 1. The third-order valence-corrected chi connectivity index (χ3v) is 4.74. The Morgan fingerprint density at radius 1 is 1.30 bits per heavy atom. The van der Waals surface area contributed by atoms with Crippen molar-refractivity contribution in [3.63, 3.8) is 0 Å². The molecule has 0 radical (unpaired) electrons. The molecule has 1 N–H and O–H groups in total. The summed E-state index contributed by atoms with van der Waals surface area (Å²) in [6.45, 7) is 0.154. The number of hydrogen-bond donors (Lipinski definition) is 1. The topological polar surface area (TPSA) is 77.5 Å². The number of benzene rings is 1. The van der Waals surface area contributed by atoms with Crippen LogP contribution in [0.4, 0.5) is 14.5 Å². The molecule has 8 heteroatoms. The maximum absolute atomic E-state index is 14.2. The van der Waals surface area contributed by atoms with Gasteiger partial charge in [0.1, 0.15) is 23.7 Å². The normalized spacial score (nSPS) is 14.8. The van der Waals surface area contributed by atoms with E-state index < -0.39 is 17.0 Å². The molecule has 1 fully saturated rings. The Kier molecular flexibility index (Phi) is 5.34. The number of pyridine rings is 1. The van der Waals surface area contributed by atoms with E-state index in [0.29, 0.717) is 18.4 Å². The van der Waals surface area contributed by atoms with E-state index in [2.05, 4.69) is 10.3 Å². The second-order valence-corrected chi connectivity index (χ2v) is 6.37. The molecule has 0 unspecified atom stereocenters. The number of hydrogen-bond acceptors (Lipinski definition) is 5. The molecule has 1 aromatic carbocycles. The van der Waals surface area contributed by atoms with Gasteiger partial charge in [0.15, 0.2) is 0 Å². The fourth-order valence-corrected chi connectivity index (χ4v) is 3.01. The largest absolute Gasteiger partial charge is 0.476 e. The molecule has 1 amide bonds. The van der Waals surface area contributed by atoms with E-state index >= 15 is 0 Å². The lowest BCUT2D eigenvalue weighted by molar-refractivity contribution is -0.161. The summed E-state index contributed by atoms with van der Waals surface area (Å²) in [5, 5.41) is 2.09. The van der Waals surface area contributed by atoms with Crippen LogP contribution < -0.4 is 10.1 Å². The molecule has 142 valence electrons. The maximum Gasteiger partial charge on any atom is 0.315 e. The third-order valence-electron chi connectivity index (χ3n) is 4.74. The first-order chi connectivity index (χ1) is 13.0. The Morgan fingerprint density at radius 3 is 2.63 bits per heavy atom. The minimum absolute atomic E-state index is 0.00743. The molecule has 1 aromatic heterocycles. The molecule has 2 aromatic rings. The van der Waals surface area contributed by atoms with Crippen LogP contribution in [0, 0.1) is 17.0 Å². The van der Waals surface area contributed by atoms with Crippen molar-refractivity contribution in [2.45, 2.75) is 19.3 Å². The smallest absolute Gasteiger partial charge is 0.315 e. The van der Waals surface area contributed by atoms with Crippen LogP contribution in [0.1, 0.15) is 19.3 Å². The molecule has 6 nitrogen and oxygen atoms in total. The van der Waals surface area contributed by atoms with Crippen molar-refractivity contribution in [3.8, 4) is 17.0 Å². The van der Waals surface area contributed by atoms with Gasteiger partial charge >= 0.3 is 5.97 Å². The molecule has 1 aliphatic carbocycles. The zero-order valence-electron chi connectivity index (χ0n) is 14.6. The average Bonchev–Trinajstić information content (AvgIpc) is 2.64. The minimum Gasteiger partial charge on any atom is -0.476 e. The van der Waals surface area contributed by atoms with Crippen molar-refractivity contribution in [2.75, 3.05) is 19.0 Å². The number of esters is 1. The van der Waals surface area contributed by atoms with Gasteiger partial charge in [-0.15, -0.1) is 0 Å². The molecule has 27 heavy (non-hydrogen) atoms. The van der Waals surface area contributed by atoms with E-state index in [4.69, 9.17) is 9.47 Å². The standard InChI is InChI=1S/C19H18F2N2O4/c1-26-18(25)19(5-2-6-19)10-27-17-4-3-12(9-22-17)13-7-15(21)16(23-11-24)8-14(13)20/h3-4,7-9,11H,2,5-6,10H2,1H3,(H,23,24). The SMILES string of the molecule is COC(=O)C1(COc2ccc(-c3cc(F)c(NC=O)cc3F)cn2)CCC1. The summed E-state index contributed by atoms with van der Waals surface area (Å²) in [5.41, 5.74) is -0.519. The van der Waals surface area contributed by atoms with Crippen LogP contribution in [0.25, 0.3) is 11.1 Å². The van der Waals surface area contributed by atoms with Gasteiger partial charge in [0, 0.05) is 29.5 Å². The van der Waals surface area contributed by atoms with Gasteiger partial charge in [0.25, 0.3) is 0 Å². The summed E-state index contributed by atoms with van der Waals surface area (Å²) in [6.07, 6.45) is 3.96. The van der Waals surface area contributed by atoms with Gasteiger partial charge in [0.2, 0.25) is 12.3 Å². The number of ether oxygens (including phenoxy) is 2. The fraction of sp³-hybridized carbons (Fsp3) is 0.316. The average molecular weight is 376 g/mol. The second kappa shape index (κ2) is 7.69. The van der Waals surface area contributed by atoms with Crippen LogP contribution in [-0.4, -0.2) is 31.1 Å². The first-order valence-electron chi connectivity index (χ1n) is 8.36. The van der Waals surface area contributed by atoms with E-state index in [-0.39, 0.29) is 36.1 Å². The first-order valence-corrected chi connectivity index (χ1v) is 8.36. The van der Waals surface area contributed by atoms with Gasteiger partial charge in [-0.25, -0.2) is 13.8 Å². The van der Waals surface area contributed by atoms with Gasteiger partial charge in [-0.2, -0.15) is 0 Å². The van der Waals surface area contributed by atoms with Crippen molar-refractivity contribution in [3.05, 3.63) is 42.1 Å². The second-order valence-electron chi connectivity index (χ2n) is 6.37. The van der Waals surface area contributed by atoms with Crippen molar-refractivity contribution in [2.24, 2.45) is 5.41 Å². The molecule has 1 aliphatic rings. The number of carbonyl (C=O) groups is 2. The van der Waals surface area contributed by atoms with Gasteiger partial charge in [0.05, 0.1) is 12.8 Å². The highest BCUT2D eigenvalue weighted by Gasteiger charge is 2.46. The molecular formula is C19H18F2N2O4. The van der Waals surface area contributed by atoms with Crippen LogP contribution in [0.2, 0.25) is 0 Å². The number of nitrogens with one attached hydrogen (secondary N) is 1. The number of amides is 1. The molecule has 3 rings (SSSR count). The van der Waals surface area contributed by atoms with Crippen molar-refractivity contribution < 1.29 is 27.8 Å². The lowest BCUT2D eigenvalue weighted by Crippen LogP contribution is -2.44. The number of methoxy groups -OCH3 is 1. The molecule has 0 spiro atoms. The Morgan fingerprint density at radius 2 is 2.07 bits per heavy atom. The van der Waals surface area contributed by atoms with E-state index in [1.807, 2.05) is 0 Å². The van der Waals surface area contributed by atoms with Crippen molar-refractivity contribution >= 4 is 18.1 Å². The van der Waals surface area contributed by atoms with Gasteiger partial charge < -0.3 is 14.8 Å². The van der Waals surface area contributed by atoms with E-state index in [9.17, 15) is 18.4 Å². The predicted molar refractivity (Wildman–Crippen MR) is 93.1 cm³/mol. The Balaban J connectivity index is 1.73. The van der Waals surface area contributed by atoms with Crippen LogP contribution in [0.15, 0.2) is 30.5 Å². The highest BCUT2D eigenvalue weighted by molar-refractivity contribution is 5.78. The molecule has 0 saturated heterocycles. The summed E-state index contributed by atoms with van der Waals surface area (Å²) in [4.78, 5) is 26.4. The number of halogens is 2. The molecule has 1 heterocycles. The molecule has 0 aliphatic heterocycles. The summed E-state index contributed by atoms with van der Waals surface area (Å²) >= 11 is 0. The van der Waals surface area contributed by atoms with E-state index in [1.54, 1.807) is 6.07 Å². The zero-order chi connectivity index (χ0) is 19.4. The molecule has 0 bridgehead atoms. The van der Waals surface area contributed by atoms with E-state index in [0.717, 1.165) is 18.6 Å². The summed E-state index contributed by atoms with van der Waals surface area (Å²) in [5.74, 6) is -1.49. The zero-order valence-corrected chi connectivity index (χ0v) is 14.6. The number of rotatable bonds is 7. The maximum atomic E-state index is 14.2. The number of nitrogens with zero attached hydrogens (tertiary/aromatic N) is 1. The minimum atomic E-state index is -0.760. The van der Waals surface area contributed by atoms with E-state index in [1.165, 1.54) is 19.4 Å². The van der Waals surface area contributed by atoms with Crippen LogP contribution in [0.3, 0.4) is 0 Å². The van der Waals surface area contributed by atoms with Crippen LogP contribution in [0.5, 0.6) is 5.88 Å². The highest BCUT2D eigenvalue weighted by atomic mass is 19.1. The fourth-order valence-electron chi connectivity index (χ4n) is 3.01. The van der Waals surface area contributed by atoms with Crippen molar-refractivity contribution in [1.82, 2.24) is 4.98 Å². The monoisotopic (exact) mass is 376 g/mol. The lowest BCUT2D eigenvalue weighted by atomic mass is 9.69. The molecule has 1 saturated carbocycles. The van der Waals surface area contributed by atoms with Gasteiger partial charge in [-0.1, -0.05) is 6.42 Å². The van der Waals surface area contributed by atoms with Crippen LogP contribution >= 0.6 is 0 Å².